The minimum Gasteiger partial charge on any atom is -0.477 e. The molecule has 5 heteroatoms. The lowest BCUT2D eigenvalue weighted by Gasteiger charge is -2.11. The molecule has 0 aliphatic carbocycles. The van der Waals surface area contributed by atoms with Crippen molar-refractivity contribution >= 4 is 28.1 Å². The number of thiophene rings is 1. The molecule has 5 rings (SSSR count). The van der Waals surface area contributed by atoms with E-state index in [4.69, 9.17) is 9.52 Å². The molecule has 5 aromatic rings. The molecule has 152 valence electrons. The standard InChI is InChI=1S/C26H19NO3S/c1-16(20-8-4-6-17-5-2-3-7-21(17)20)25-27-15-22(30-25)18-9-11-19(12-10-18)23-13-14-24(31-23)26(28)29/h2-16H,1H3,(H,28,29). The first-order valence-electron chi connectivity index (χ1n) is 9.97. The van der Waals surface area contributed by atoms with E-state index in [1.54, 1.807) is 12.3 Å². The van der Waals surface area contributed by atoms with Gasteiger partial charge in [-0.25, -0.2) is 9.78 Å². The van der Waals surface area contributed by atoms with Gasteiger partial charge in [-0.3, -0.25) is 0 Å². The van der Waals surface area contributed by atoms with Crippen LogP contribution >= 0.6 is 11.3 Å². The predicted octanol–water partition coefficient (Wildman–Crippen LogP) is 7.07. The fraction of sp³-hybridized carbons (Fsp3) is 0.0769. The van der Waals surface area contributed by atoms with Crippen molar-refractivity contribution in [1.82, 2.24) is 4.98 Å². The Morgan fingerprint density at radius 1 is 0.935 bits per heavy atom. The summed E-state index contributed by atoms with van der Waals surface area (Å²) in [7, 11) is 0. The number of oxazole rings is 1. The van der Waals surface area contributed by atoms with Crippen LogP contribution in [0.3, 0.4) is 0 Å². The minimum absolute atomic E-state index is 0.0275. The van der Waals surface area contributed by atoms with Gasteiger partial charge in [0.1, 0.15) is 4.88 Å². The van der Waals surface area contributed by atoms with Crippen LogP contribution in [0.4, 0.5) is 0 Å². The van der Waals surface area contributed by atoms with Crippen molar-refractivity contribution < 1.29 is 14.3 Å². The Kier molecular flexibility index (Phi) is 4.88. The van der Waals surface area contributed by atoms with Crippen LogP contribution < -0.4 is 0 Å². The number of aromatic carboxylic acids is 1. The molecule has 4 nitrogen and oxygen atoms in total. The quantitative estimate of drug-likeness (QED) is 0.327. The lowest BCUT2D eigenvalue weighted by Crippen LogP contribution is -1.97. The monoisotopic (exact) mass is 425 g/mol. The summed E-state index contributed by atoms with van der Waals surface area (Å²) in [5.41, 5.74) is 3.10. The van der Waals surface area contributed by atoms with Crippen molar-refractivity contribution in [2.24, 2.45) is 0 Å². The molecule has 0 bridgehead atoms. The van der Waals surface area contributed by atoms with Crippen molar-refractivity contribution in [2.45, 2.75) is 12.8 Å². The van der Waals surface area contributed by atoms with Crippen molar-refractivity contribution in [3.05, 3.63) is 101 Å². The summed E-state index contributed by atoms with van der Waals surface area (Å²) in [6, 6.07) is 26.0. The third-order valence-electron chi connectivity index (χ3n) is 5.45. The first-order valence-corrected chi connectivity index (χ1v) is 10.8. The van der Waals surface area contributed by atoms with Crippen LogP contribution in [-0.4, -0.2) is 16.1 Å². The molecule has 0 fully saturated rings. The summed E-state index contributed by atoms with van der Waals surface area (Å²) >= 11 is 1.27. The Hall–Kier alpha value is -3.70. The van der Waals surface area contributed by atoms with Gasteiger partial charge in [-0.1, -0.05) is 66.7 Å². The largest absolute Gasteiger partial charge is 0.477 e. The van der Waals surface area contributed by atoms with E-state index in [0.29, 0.717) is 16.5 Å². The average Bonchev–Trinajstić information content (AvgIpc) is 3.49. The van der Waals surface area contributed by atoms with E-state index in [1.165, 1.54) is 27.7 Å². The maximum Gasteiger partial charge on any atom is 0.345 e. The second-order valence-electron chi connectivity index (χ2n) is 7.40. The van der Waals surface area contributed by atoms with E-state index in [-0.39, 0.29) is 5.92 Å². The van der Waals surface area contributed by atoms with E-state index in [9.17, 15) is 4.79 Å². The molecule has 2 aromatic heterocycles. The Morgan fingerprint density at radius 3 is 2.45 bits per heavy atom. The van der Waals surface area contributed by atoms with Crippen LogP contribution in [0.25, 0.3) is 32.5 Å². The van der Waals surface area contributed by atoms with Gasteiger partial charge in [-0.05, 0) is 41.0 Å². The van der Waals surface area contributed by atoms with Gasteiger partial charge in [-0.15, -0.1) is 11.3 Å². The molecule has 0 aliphatic heterocycles. The van der Waals surface area contributed by atoms with Crippen molar-refractivity contribution in [3.8, 4) is 21.8 Å². The molecule has 0 radical (unpaired) electrons. The van der Waals surface area contributed by atoms with Gasteiger partial charge in [0.05, 0.1) is 12.1 Å². The number of fused-ring (bicyclic) bond motifs is 1. The van der Waals surface area contributed by atoms with E-state index in [0.717, 1.165) is 16.0 Å². The zero-order valence-corrected chi connectivity index (χ0v) is 17.6. The number of carbonyl (C=O) groups is 1. The number of aromatic nitrogens is 1. The van der Waals surface area contributed by atoms with Crippen LogP contribution in [0.2, 0.25) is 0 Å². The van der Waals surface area contributed by atoms with E-state index in [2.05, 4.69) is 42.2 Å². The molecule has 1 atom stereocenters. The van der Waals surface area contributed by atoms with Crippen molar-refractivity contribution in [3.63, 3.8) is 0 Å². The van der Waals surface area contributed by atoms with Gasteiger partial charge in [0.15, 0.2) is 5.76 Å². The second-order valence-corrected chi connectivity index (χ2v) is 8.48. The molecule has 3 aromatic carbocycles. The maximum absolute atomic E-state index is 11.1. The molecule has 0 amide bonds. The van der Waals surface area contributed by atoms with Gasteiger partial charge < -0.3 is 9.52 Å². The number of rotatable bonds is 5. The summed E-state index contributed by atoms with van der Waals surface area (Å²) in [6.45, 7) is 2.11. The molecule has 31 heavy (non-hydrogen) atoms. The molecule has 0 spiro atoms. The van der Waals surface area contributed by atoms with Gasteiger partial charge >= 0.3 is 5.97 Å². The first-order chi connectivity index (χ1) is 15.1. The summed E-state index contributed by atoms with van der Waals surface area (Å²) in [5.74, 6) is 0.521. The Morgan fingerprint density at radius 2 is 1.68 bits per heavy atom. The van der Waals surface area contributed by atoms with E-state index in [1.807, 2.05) is 42.5 Å². The number of benzene rings is 3. The lowest BCUT2D eigenvalue weighted by atomic mass is 9.95. The number of carboxylic acid groups (broad SMARTS) is 1. The Labute approximate surface area is 183 Å². The SMILES string of the molecule is CC(c1ncc(-c2ccc(-c3ccc(C(=O)O)s3)cc2)o1)c1cccc2ccccc12. The van der Waals surface area contributed by atoms with Crippen LogP contribution in [-0.2, 0) is 0 Å². The molecule has 2 heterocycles. The Bertz CT molecular complexity index is 1380. The molecular weight excluding hydrogens is 406 g/mol. The first kappa shape index (κ1) is 19.3. The van der Waals surface area contributed by atoms with E-state index >= 15 is 0 Å². The van der Waals surface area contributed by atoms with Gasteiger partial charge in [0.2, 0.25) is 5.89 Å². The highest BCUT2D eigenvalue weighted by molar-refractivity contribution is 7.17. The smallest absolute Gasteiger partial charge is 0.345 e. The summed E-state index contributed by atoms with van der Waals surface area (Å²) in [6.07, 6.45) is 1.76. The molecule has 0 saturated heterocycles. The average molecular weight is 426 g/mol. The number of nitrogens with zero attached hydrogens (tertiary/aromatic N) is 1. The highest BCUT2D eigenvalue weighted by Gasteiger charge is 2.18. The van der Waals surface area contributed by atoms with Crippen LogP contribution in [0, 0.1) is 0 Å². The second kappa shape index (κ2) is 7.85. The number of hydrogen-bond donors (Lipinski definition) is 1. The Balaban J connectivity index is 1.41. The zero-order valence-electron chi connectivity index (χ0n) is 16.8. The van der Waals surface area contributed by atoms with Crippen molar-refractivity contribution in [1.29, 1.82) is 0 Å². The number of hydrogen-bond acceptors (Lipinski definition) is 4. The topological polar surface area (TPSA) is 63.3 Å². The molecule has 1 unspecified atom stereocenters. The predicted molar refractivity (Wildman–Crippen MR) is 124 cm³/mol. The normalized spacial score (nSPS) is 12.2. The van der Waals surface area contributed by atoms with Gasteiger partial charge in [0, 0.05) is 10.4 Å². The van der Waals surface area contributed by atoms with Gasteiger partial charge in [-0.2, -0.15) is 0 Å². The molecule has 0 aliphatic rings. The van der Waals surface area contributed by atoms with Crippen LogP contribution in [0.5, 0.6) is 0 Å². The fourth-order valence-corrected chi connectivity index (χ4v) is 4.64. The summed E-state index contributed by atoms with van der Waals surface area (Å²) in [4.78, 5) is 16.9. The number of carboxylic acids is 1. The molecule has 0 saturated carbocycles. The van der Waals surface area contributed by atoms with Crippen LogP contribution in [0.15, 0.2) is 89.5 Å². The van der Waals surface area contributed by atoms with Crippen molar-refractivity contribution in [2.75, 3.05) is 0 Å². The molecular formula is C26H19NO3S. The van der Waals surface area contributed by atoms with Crippen LogP contribution in [0.1, 0.15) is 34.0 Å². The lowest BCUT2D eigenvalue weighted by molar-refractivity contribution is 0.0702. The summed E-state index contributed by atoms with van der Waals surface area (Å²) in [5, 5.41) is 11.5. The molecule has 1 N–H and O–H groups in total. The zero-order chi connectivity index (χ0) is 21.4. The summed E-state index contributed by atoms with van der Waals surface area (Å²) < 4.78 is 6.13. The highest BCUT2D eigenvalue weighted by Crippen LogP contribution is 2.33. The third-order valence-corrected chi connectivity index (χ3v) is 6.58. The minimum atomic E-state index is -0.901. The third kappa shape index (κ3) is 3.64. The fourth-order valence-electron chi connectivity index (χ4n) is 3.79. The van der Waals surface area contributed by atoms with Gasteiger partial charge in [0.25, 0.3) is 0 Å². The van der Waals surface area contributed by atoms with E-state index < -0.39 is 5.97 Å². The maximum atomic E-state index is 11.1. The highest BCUT2D eigenvalue weighted by atomic mass is 32.1.